The zero-order valence-electron chi connectivity index (χ0n) is 16.3. The molecule has 9 heteroatoms. The van der Waals surface area contributed by atoms with Crippen LogP contribution in [0.1, 0.15) is 12.6 Å². The van der Waals surface area contributed by atoms with Gasteiger partial charge in [-0.2, -0.15) is 0 Å². The quantitative estimate of drug-likeness (QED) is 0.470. The summed E-state index contributed by atoms with van der Waals surface area (Å²) in [6, 6.07) is 6.19. The molecule has 3 atom stereocenters. The molecule has 1 saturated heterocycles. The molecule has 152 valence electrons. The lowest BCUT2D eigenvalue weighted by Gasteiger charge is -2.21. The molecule has 5 heterocycles. The number of hydrogen-bond donors (Lipinski definition) is 2. The zero-order valence-corrected chi connectivity index (χ0v) is 17.9. The number of pyridine rings is 2. The predicted molar refractivity (Wildman–Crippen MR) is 119 cm³/mol. The van der Waals surface area contributed by atoms with E-state index in [0.717, 1.165) is 63.0 Å². The van der Waals surface area contributed by atoms with Gasteiger partial charge in [0.15, 0.2) is 5.16 Å². The number of hydrogen-bond acceptors (Lipinski definition) is 7. The number of aromatic nitrogens is 5. The average molecular weight is 438 g/mol. The number of nitrogens with one attached hydrogen (secondary N) is 1. The number of aryl methyl sites for hydroxylation is 1. The van der Waals surface area contributed by atoms with Gasteiger partial charge in [-0.25, -0.2) is 9.97 Å². The van der Waals surface area contributed by atoms with Gasteiger partial charge in [0.05, 0.1) is 21.4 Å². The van der Waals surface area contributed by atoms with E-state index in [1.165, 1.54) is 11.8 Å². The third-order valence-electron chi connectivity index (χ3n) is 6.17. The number of anilines is 1. The lowest BCUT2D eigenvalue weighted by molar-refractivity contribution is 0.732. The molecule has 0 aromatic carbocycles. The van der Waals surface area contributed by atoms with E-state index < -0.39 is 0 Å². The zero-order chi connectivity index (χ0) is 20.4. The summed E-state index contributed by atoms with van der Waals surface area (Å²) >= 11 is 8.19. The Morgan fingerprint density at radius 2 is 2.07 bits per heavy atom. The molecule has 6 rings (SSSR count). The van der Waals surface area contributed by atoms with Crippen molar-refractivity contribution in [2.45, 2.75) is 29.4 Å². The first-order valence-electron chi connectivity index (χ1n) is 10.1. The van der Waals surface area contributed by atoms with Crippen molar-refractivity contribution in [2.75, 3.05) is 18.0 Å². The second-order valence-electron chi connectivity index (χ2n) is 7.95. The van der Waals surface area contributed by atoms with Crippen LogP contribution in [0.25, 0.3) is 22.1 Å². The molecule has 3 N–H and O–H groups in total. The van der Waals surface area contributed by atoms with Crippen molar-refractivity contribution < 1.29 is 0 Å². The molecule has 2 aliphatic rings. The van der Waals surface area contributed by atoms with E-state index in [4.69, 9.17) is 27.3 Å². The molecule has 7 nitrogen and oxygen atoms in total. The molecule has 0 bridgehead atoms. The third-order valence-corrected chi connectivity index (χ3v) is 7.41. The van der Waals surface area contributed by atoms with E-state index >= 15 is 0 Å². The normalized spacial score (nSPS) is 22.8. The first kappa shape index (κ1) is 18.4. The highest BCUT2D eigenvalue weighted by Crippen LogP contribution is 2.47. The van der Waals surface area contributed by atoms with Gasteiger partial charge in [0.25, 0.3) is 0 Å². The first-order chi connectivity index (χ1) is 14.6. The molecule has 4 aromatic heterocycles. The molecule has 0 spiro atoms. The number of nitrogens with zero attached hydrogens (tertiary/aromatic N) is 5. The van der Waals surface area contributed by atoms with Crippen LogP contribution in [0.4, 0.5) is 5.82 Å². The highest BCUT2D eigenvalue weighted by Gasteiger charge is 2.54. The Kier molecular flexibility index (Phi) is 4.16. The van der Waals surface area contributed by atoms with E-state index in [1.807, 2.05) is 24.4 Å². The average Bonchev–Trinajstić information content (AvgIpc) is 3.10. The van der Waals surface area contributed by atoms with Crippen LogP contribution < -0.4 is 10.6 Å². The van der Waals surface area contributed by atoms with Gasteiger partial charge in [0.2, 0.25) is 0 Å². The fourth-order valence-electron chi connectivity index (χ4n) is 4.43. The van der Waals surface area contributed by atoms with Gasteiger partial charge in [0.1, 0.15) is 11.5 Å². The van der Waals surface area contributed by atoms with E-state index in [-0.39, 0.29) is 0 Å². The van der Waals surface area contributed by atoms with Crippen LogP contribution in [-0.2, 0) is 6.42 Å². The fraction of sp³-hybridized carbons (Fsp3) is 0.333. The number of halogens is 1. The van der Waals surface area contributed by atoms with E-state index in [2.05, 4.69) is 26.8 Å². The number of H-pyrrole nitrogens is 1. The van der Waals surface area contributed by atoms with Gasteiger partial charge < -0.3 is 15.6 Å². The third kappa shape index (κ3) is 2.85. The van der Waals surface area contributed by atoms with E-state index in [1.54, 1.807) is 6.20 Å². The van der Waals surface area contributed by atoms with E-state index in [0.29, 0.717) is 23.0 Å². The Bertz CT molecular complexity index is 1280. The maximum Gasteiger partial charge on any atom is 0.196 e. The Morgan fingerprint density at radius 3 is 2.87 bits per heavy atom. The van der Waals surface area contributed by atoms with Crippen molar-refractivity contribution in [2.24, 2.45) is 17.6 Å². The Balaban J connectivity index is 1.42. The van der Waals surface area contributed by atoms with Gasteiger partial charge in [-0.3, -0.25) is 9.97 Å². The summed E-state index contributed by atoms with van der Waals surface area (Å²) in [4.78, 5) is 25.3. The van der Waals surface area contributed by atoms with Crippen molar-refractivity contribution in [3.8, 4) is 0 Å². The molecule has 2 fully saturated rings. The van der Waals surface area contributed by atoms with Gasteiger partial charge in [-0.05, 0) is 48.2 Å². The summed E-state index contributed by atoms with van der Waals surface area (Å²) in [6.07, 6.45) is 4.42. The minimum atomic E-state index is 0.330. The number of piperidine rings is 1. The highest BCUT2D eigenvalue weighted by molar-refractivity contribution is 7.99. The first-order valence-corrected chi connectivity index (χ1v) is 11.3. The maximum absolute atomic E-state index is 6.71. The maximum atomic E-state index is 6.71. The topological polar surface area (TPSA) is 96.6 Å². The standard InChI is InChI=1S/C21H20ClN7S/c1-2-13-17(22)16-19(26-13)27-21(28-20(16)29-8-11-12(9-29)18(11)23)30-10-6-15-14(25-7-10)4-3-5-24-15/h3-7,11-12,18H,2,8-9,23H2,1H3,(H,26,27,28)/t11-,12+,18?. The van der Waals surface area contributed by atoms with Crippen LogP contribution in [0.5, 0.6) is 0 Å². The summed E-state index contributed by atoms with van der Waals surface area (Å²) in [5.74, 6) is 2.02. The van der Waals surface area contributed by atoms with Crippen LogP contribution in [0.2, 0.25) is 5.02 Å². The Hall–Kier alpha value is -2.42. The van der Waals surface area contributed by atoms with Crippen LogP contribution in [0.3, 0.4) is 0 Å². The van der Waals surface area contributed by atoms with Crippen molar-refractivity contribution >= 4 is 51.2 Å². The summed E-state index contributed by atoms with van der Waals surface area (Å²) in [7, 11) is 0. The number of nitrogens with two attached hydrogens (primary N) is 1. The fourth-order valence-corrected chi connectivity index (χ4v) is 5.54. The van der Waals surface area contributed by atoms with Gasteiger partial charge >= 0.3 is 0 Å². The van der Waals surface area contributed by atoms with Crippen LogP contribution in [-0.4, -0.2) is 44.1 Å². The summed E-state index contributed by atoms with van der Waals surface area (Å²) < 4.78 is 0. The summed E-state index contributed by atoms with van der Waals surface area (Å²) in [6.45, 7) is 3.93. The van der Waals surface area contributed by atoms with Crippen LogP contribution >= 0.6 is 23.4 Å². The number of aromatic amines is 1. The van der Waals surface area contributed by atoms with Crippen LogP contribution in [0, 0.1) is 11.8 Å². The largest absolute Gasteiger partial charge is 0.355 e. The number of fused-ring (bicyclic) bond motifs is 3. The Labute approximate surface area is 182 Å². The van der Waals surface area contributed by atoms with Gasteiger partial charge in [-0.15, -0.1) is 0 Å². The van der Waals surface area contributed by atoms with Crippen molar-refractivity contribution in [3.63, 3.8) is 0 Å². The molecule has 30 heavy (non-hydrogen) atoms. The monoisotopic (exact) mass is 437 g/mol. The van der Waals surface area contributed by atoms with Crippen molar-refractivity contribution in [3.05, 3.63) is 41.3 Å². The second kappa shape index (κ2) is 6.80. The SMILES string of the molecule is CCc1[nH]c2nc(Sc3cnc4cccnc4c3)nc(N3C[C@@H]4C(N)[C@@H]4C3)c2c1Cl. The van der Waals surface area contributed by atoms with Crippen molar-refractivity contribution in [1.82, 2.24) is 24.9 Å². The second-order valence-corrected chi connectivity index (χ2v) is 9.37. The summed E-state index contributed by atoms with van der Waals surface area (Å²) in [5.41, 5.74) is 9.64. The van der Waals surface area contributed by atoms with Crippen LogP contribution in [0.15, 0.2) is 40.6 Å². The minimum Gasteiger partial charge on any atom is -0.355 e. The van der Waals surface area contributed by atoms with Gasteiger partial charge in [0, 0.05) is 42.1 Å². The van der Waals surface area contributed by atoms with E-state index in [9.17, 15) is 0 Å². The molecule has 1 aliphatic heterocycles. The minimum absolute atomic E-state index is 0.330. The smallest absolute Gasteiger partial charge is 0.196 e. The van der Waals surface area contributed by atoms with Gasteiger partial charge in [-0.1, -0.05) is 18.5 Å². The lowest BCUT2D eigenvalue weighted by atomic mass is 10.2. The highest BCUT2D eigenvalue weighted by atomic mass is 35.5. The molecular weight excluding hydrogens is 418 g/mol. The Morgan fingerprint density at radius 1 is 1.23 bits per heavy atom. The predicted octanol–water partition coefficient (Wildman–Crippen LogP) is 3.66. The summed E-state index contributed by atoms with van der Waals surface area (Å²) in [5, 5.41) is 2.30. The molecule has 0 amide bonds. The molecule has 1 unspecified atom stereocenters. The lowest BCUT2D eigenvalue weighted by Crippen LogP contribution is -2.29. The molecular formula is C21H20ClN7S. The molecule has 0 radical (unpaired) electrons. The van der Waals surface area contributed by atoms with Crippen molar-refractivity contribution in [1.29, 1.82) is 0 Å². The molecule has 1 aliphatic carbocycles. The molecule has 1 saturated carbocycles. The number of rotatable bonds is 4. The molecule has 4 aromatic rings.